The third kappa shape index (κ3) is 5.39. The molecular formula is C33H36F3N7O3S. The van der Waals surface area contributed by atoms with Gasteiger partial charge in [-0.05, 0) is 26.0 Å². The number of rotatable bonds is 5. The molecule has 10 nitrogen and oxygen atoms in total. The van der Waals surface area contributed by atoms with E-state index in [0.717, 1.165) is 5.39 Å². The van der Waals surface area contributed by atoms with E-state index in [1.54, 1.807) is 39.5 Å². The Kier molecular flexibility index (Phi) is 8.08. The Labute approximate surface area is 273 Å². The van der Waals surface area contributed by atoms with Gasteiger partial charge < -0.3 is 14.5 Å². The monoisotopic (exact) mass is 667 g/mol. The standard InChI is InChI=1S/C33H36F3N7O3S/c1-5-26(44)41-15-20(3)42(16-19(41)2)31-24-13-25(33(34,35)36)27(23-8-6-7-21-14-37-39(4)28(21)23)30-29(24)43(32(45)38-31)22(18-47-30)17-40-9-11-46-12-10-40/h5-8,13-14,19-20,22H,1,9-12,15-18H2,2-4H3/t19-,20+,22?/m1/s1. The largest absolute Gasteiger partial charge is 0.417 e. The van der Waals surface area contributed by atoms with Crippen molar-refractivity contribution in [2.24, 2.45) is 7.05 Å². The van der Waals surface area contributed by atoms with Crippen molar-refractivity contribution in [3.8, 4) is 11.1 Å². The number of nitrogens with zero attached hydrogens (tertiary/aromatic N) is 7. The first-order valence-electron chi connectivity index (χ1n) is 15.7. The lowest BCUT2D eigenvalue weighted by molar-refractivity contribution is -0.137. The SMILES string of the molecule is C=CC(=O)N1C[C@H](C)N(c2nc(=O)n3c4c(c(-c5cccc6cnn(C)c56)c(C(F)(F)F)cc24)SCC3CN2CCOCC2)C[C@H]1C. The van der Waals surface area contributed by atoms with Gasteiger partial charge in [-0.1, -0.05) is 24.8 Å². The van der Waals surface area contributed by atoms with Gasteiger partial charge in [0.1, 0.15) is 5.82 Å². The van der Waals surface area contributed by atoms with Gasteiger partial charge in [0, 0.05) is 84.4 Å². The van der Waals surface area contributed by atoms with Crippen molar-refractivity contribution >= 4 is 45.3 Å². The highest BCUT2D eigenvalue weighted by Crippen LogP contribution is 2.51. The Hall–Kier alpha value is -3.88. The summed E-state index contributed by atoms with van der Waals surface area (Å²) in [7, 11) is 1.72. The van der Waals surface area contributed by atoms with Gasteiger partial charge in [-0.3, -0.25) is 18.9 Å². The van der Waals surface area contributed by atoms with Gasteiger partial charge in [0.25, 0.3) is 0 Å². The molecule has 248 valence electrons. The maximum absolute atomic E-state index is 15.3. The summed E-state index contributed by atoms with van der Waals surface area (Å²) in [6.07, 6.45) is -1.81. The van der Waals surface area contributed by atoms with Gasteiger partial charge >= 0.3 is 11.9 Å². The lowest BCUT2D eigenvalue weighted by Crippen LogP contribution is -2.58. The van der Waals surface area contributed by atoms with E-state index in [4.69, 9.17) is 4.74 Å². The average molecular weight is 668 g/mol. The average Bonchev–Trinajstić information content (AvgIpc) is 3.44. The fourth-order valence-electron chi connectivity index (χ4n) is 7.30. The number of benzene rings is 2. The molecule has 1 amide bonds. The van der Waals surface area contributed by atoms with Gasteiger partial charge in [-0.15, -0.1) is 11.8 Å². The van der Waals surface area contributed by atoms with Crippen molar-refractivity contribution in [2.75, 3.05) is 56.6 Å². The molecule has 7 rings (SSSR count). The molecule has 0 aliphatic carbocycles. The maximum atomic E-state index is 15.3. The minimum absolute atomic E-state index is 0.0436. The van der Waals surface area contributed by atoms with Crippen molar-refractivity contribution in [3.63, 3.8) is 0 Å². The molecule has 3 aliphatic heterocycles. The molecule has 2 saturated heterocycles. The van der Waals surface area contributed by atoms with Gasteiger partial charge in [-0.2, -0.15) is 23.3 Å². The highest BCUT2D eigenvalue weighted by atomic mass is 32.2. The predicted molar refractivity (Wildman–Crippen MR) is 176 cm³/mol. The molecule has 0 radical (unpaired) electrons. The highest BCUT2D eigenvalue weighted by Gasteiger charge is 2.41. The molecule has 2 fully saturated rings. The fourth-order valence-corrected chi connectivity index (χ4v) is 8.62. The molecule has 0 bridgehead atoms. The van der Waals surface area contributed by atoms with Crippen LogP contribution in [0, 0.1) is 0 Å². The summed E-state index contributed by atoms with van der Waals surface area (Å²) in [5.74, 6) is 0.395. The predicted octanol–water partition coefficient (Wildman–Crippen LogP) is 4.56. The zero-order valence-corrected chi connectivity index (χ0v) is 27.3. The van der Waals surface area contributed by atoms with E-state index in [1.165, 1.54) is 23.9 Å². The number of piperazine rings is 1. The maximum Gasteiger partial charge on any atom is 0.417 e. The number of alkyl halides is 3. The summed E-state index contributed by atoms with van der Waals surface area (Å²) in [6.45, 7) is 11.1. The van der Waals surface area contributed by atoms with Crippen LogP contribution in [0.1, 0.15) is 25.5 Å². The fraction of sp³-hybridized carbons (Fsp3) is 0.455. The number of hydrogen-bond acceptors (Lipinski definition) is 8. The van der Waals surface area contributed by atoms with Gasteiger partial charge in [-0.25, -0.2) is 4.79 Å². The number of fused-ring (bicyclic) bond motifs is 1. The van der Waals surface area contributed by atoms with E-state index in [2.05, 4.69) is 21.6 Å². The number of ether oxygens (including phenoxy) is 1. The van der Waals surface area contributed by atoms with E-state index < -0.39 is 17.4 Å². The summed E-state index contributed by atoms with van der Waals surface area (Å²) in [4.78, 5) is 37.5. The third-order valence-electron chi connectivity index (χ3n) is 9.55. The number of para-hydroxylation sites is 1. The molecule has 5 heterocycles. The highest BCUT2D eigenvalue weighted by molar-refractivity contribution is 7.99. The van der Waals surface area contributed by atoms with E-state index in [-0.39, 0.29) is 40.8 Å². The summed E-state index contributed by atoms with van der Waals surface area (Å²) in [5.41, 5.74) is 0.201. The number of halogens is 3. The van der Waals surface area contributed by atoms with Gasteiger partial charge in [0.05, 0.1) is 42.0 Å². The quantitative estimate of drug-likeness (QED) is 0.287. The molecular weight excluding hydrogens is 631 g/mol. The van der Waals surface area contributed by atoms with Crippen molar-refractivity contribution in [2.45, 2.75) is 43.0 Å². The molecule has 3 aliphatic rings. The van der Waals surface area contributed by atoms with E-state index in [1.807, 2.05) is 24.8 Å². The van der Waals surface area contributed by atoms with Crippen molar-refractivity contribution in [1.29, 1.82) is 0 Å². The van der Waals surface area contributed by atoms with Crippen molar-refractivity contribution in [3.05, 3.63) is 59.2 Å². The molecule has 4 aromatic rings. The zero-order chi connectivity index (χ0) is 33.2. The topological polar surface area (TPSA) is 88.7 Å². The number of hydrogen-bond donors (Lipinski definition) is 0. The first-order valence-corrected chi connectivity index (χ1v) is 16.7. The number of aromatic nitrogens is 4. The third-order valence-corrected chi connectivity index (χ3v) is 10.8. The lowest BCUT2D eigenvalue weighted by Gasteiger charge is -2.45. The lowest BCUT2D eigenvalue weighted by atomic mass is 9.94. The minimum atomic E-state index is -4.71. The van der Waals surface area contributed by atoms with Crippen LogP contribution in [0.25, 0.3) is 32.9 Å². The van der Waals surface area contributed by atoms with Crippen LogP contribution in [0.2, 0.25) is 0 Å². The second-order valence-corrected chi connectivity index (χ2v) is 13.6. The van der Waals surface area contributed by atoms with Crippen LogP contribution in [-0.4, -0.2) is 98.8 Å². The number of anilines is 1. The van der Waals surface area contributed by atoms with Gasteiger partial charge in [0.2, 0.25) is 5.91 Å². The Morgan fingerprint density at radius 3 is 2.64 bits per heavy atom. The van der Waals surface area contributed by atoms with Gasteiger partial charge in [0.15, 0.2) is 0 Å². The molecule has 0 spiro atoms. The van der Waals surface area contributed by atoms with Crippen LogP contribution >= 0.6 is 11.8 Å². The summed E-state index contributed by atoms with van der Waals surface area (Å²) < 4.78 is 54.6. The van der Waals surface area contributed by atoms with Crippen LogP contribution in [0.5, 0.6) is 0 Å². The zero-order valence-electron chi connectivity index (χ0n) is 26.5. The summed E-state index contributed by atoms with van der Waals surface area (Å²) >= 11 is 1.36. The van der Waals surface area contributed by atoms with Crippen LogP contribution in [0.15, 0.2) is 52.8 Å². The number of aryl methyl sites for hydroxylation is 1. The van der Waals surface area contributed by atoms with Crippen molar-refractivity contribution < 1.29 is 22.7 Å². The normalized spacial score (nSPS) is 22.3. The molecule has 2 aromatic heterocycles. The Bertz CT molecular complexity index is 1950. The minimum Gasteiger partial charge on any atom is -0.379 e. The molecule has 3 atom stereocenters. The number of carbonyl (C=O) groups excluding carboxylic acids is 1. The Morgan fingerprint density at radius 2 is 1.91 bits per heavy atom. The Balaban J connectivity index is 1.51. The molecule has 0 N–H and O–H groups in total. The Morgan fingerprint density at radius 1 is 1.15 bits per heavy atom. The van der Waals surface area contributed by atoms with Crippen LogP contribution in [0.3, 0.4) is 0 Å². The second kappa shape index (κ2) is 12.0. The molecule has 14 heteroatoms. The number of thioether (sulfide) groups is 1. The molecule has 1 unspecified atom stereocenters. The molecule has 47 heavy (non-hydrogen) atoms. The smallest absolute Gasteiger partial charge is 0.379 e. The van der Waals surface area contributed by atoms with Crippen molar-refractivity contribution in [1.82, 2.24) is 29.1 Å². The number of morpholine rings is 1. The first kappa shape index (κ1) is 31.7. The summed E-state index contributed by atoms with van der Waals surface area (Å²) in [6, 6.07) is 5.53. The summed E-state index contributed by atoms with van der Waals surface area (Å²) in [5, 5.41) is 5.33. The number of carbonyl (C=O) groups is 1. The van der Waals surface area contributed by atoms with Crippen LogP contribution in [0.4, 0.5) is 19.0 Å². The first-order chi connectivity index (χ1) is 22.5. The molecule has 0 saturated carbocycles. The van der Waals surface area contributed by atoms with E-state index >= 15 is 13.2 Å². The number of amides is 1. The second-order valence-electron chi connectivity index (χ2n) is 12.5. The van der Waals surface area contributed by atoms with E-state index in [0.29, 0.717) is 73.2 Å². The molecule has 2 aromatic carbocycles. The van der Waals surface area contributed by atoms with E-state index in [9.17, 15) is 9.59 Å². The van der Waals surface area contributed by atoms with Crippen LogP contribution < -0.4 is 10.6 Å². The van der Waals surface area contributed by atoms with Crippen LogP contribution in [-0.2, 0) is 22.8 Å².